The summed E-state index contributed by atoms with van der Waals surface area (Å²) in [6.45, 7) is 4.81. The first-order valence-corrected chi connectivity index (χ1v) is 7.63. The highest BCUT2D eigenvalue weighted by atomic mass is 35.5. The largest absolute Gasteiger partial charge is 0.322 e. The number of hydrogen-bond acceptors (Lipinski definition) is 3. The smallest absolute Gasteiger partial charge is 0.244 e. The molecule has 1 aliphatic heterocycles. The lowest BCUT2D eigenvalue weighted by Crippen LogP contribution is -2.50. The Morgan fingerprint density at radius 3 is 2.85 bits per heavy atom. The standard InChI is InChI=1S/C14H19Cl2N3O/c1-3-5-14(6-4-7-17-14)13(20)19-11-9(2)8-10(15)18-12(11)16/h8,17H,3-7H2,1-2H3,(H,19,20). The molecule has 1 atom stereocenters. The minimum Gasteiger partial charge on any atom is -0.322 e. The molecule has 0 saturated carbocycles. The second-order valence-corrected chi connectivity index (χ2v) is 5.99. The zero-order valence-corrected chi connectivity index (χ0v) is 13.2. The number of hydrogen-bond donors (Lipinski definition) is 2. The second kappa shape index (κ2) is 6.29. The average molecular weight is 316 g/mol. The molecule has 0 aliphatic carbocycles. The summed E-state index contributed by atoms with van der Waals surface area (Å²) in [5.41, 5.74) is 0.877. The van der Waals surface area contributed by atoms with Gasteiger partial charge in [0.25, 0.3) is 0 Å². The highest BCUT2D eigenvalue weighted by molar-refractivity contribution is 6.34. The van der Waals surface area contributed by atoms with Gasteiger partial charge in [0.15, 0.2) is 5.15 Å². The van der Waals surface area contributed by atoms with E-state index in [0.29, 0.717) is 10.8 Å². The Balaban J connectivity index is 2.23. The van der Waals surface area contributed by atoms with Gasteiger partial charge in [-0.1, -0.05) is 36.5 Å². The average Bonchev–Trinajstić information content (AvgIpc) is 2.83. The third-order valence-electron chi connectivity index (χ3n) is 3.73. The van der Waals surface area contributed by atoms with Crippen molar-refractivity contribution in [2.45, 2.75) is 45.1 Å². The summed E-state index contributed by atoms with van der Waals surface area (Å²) in [6, 6.07) is 1.69. The summed E-state index contributed by atoms with van der Waals surface area (Å²) in [4.78, 5) is 16.6. The van der Waals surface area contributed by atoms with Crippen molar-refractivity contribution in [3.63, 3.8) is 0 Å². The number of carbonyl (C=O) groups excluding carboxylic acids is 1. The maximum atomic E-state index is 12.6. The first kappa shape index (κ1) is 15.5. The Morgan fingerprint density at radius 2 is 2.30 bits per heavy atom. The van der Waals surface area contributed by atoms with Crippen molar-refractivity contribution in [3.8, 4) is 0 Å². The van der Waals surface area contributed by atoms with Gasteiger partial charge in [-0.2, -0.15) is 0 Å². The van der Waals surface area contributed by atoms with Crippen LogP contribution in [0.3, 0.4) is 0 Å². The van der Waals surface area contributed by atoms with E-state index in [2.05, 4.69) is 22.5 Å². The van der Waals surface area contributed by atoms with Crippen molar-refractivity contribution in [2.75, 3.05) is 11.9 Å². The molecule has 0 radical (unpaired) electrons. The number of anilines is 1. The van der Waals surface area contributed by atoms with Gasteiger partial charge in [0.05, 0.1) is 11.2 Å². The Bertz CT molecular complexity index is 490. The van der Waals surface area contributed by atoms with Gasteiger partial charge in [-0.3, -0.25) is 4.79 Å². The summed E-state index contributed by atoms with van der Waals surface area (Å²) in [5, 5.41) is 6.81. The van der Waals surface area contributed by atoms with Crippen molar-refractivity contribution in [1.82, 2.24) is 10.3 Å². The summed E-state index contributed by atoms with van der Waals surface area (Å²) in [5.74, 6) is -0.0361. The number of pyridine rings is 1. The lowest BCUT2D eigenvalue weighted by Gasteiger charge is -2.28. The van der Waals surface area contributed by atoms with E-state index in [-0.39, 0.29) is 11.1 Å². The van der Waals surface area contributed by atoms with Gasteiger partial charge < -0.3 is 10.6 Å². The summed E-state index contributed by atoms with van der Waals surface area (Å²) >= 11 is 11.9. The van der Waals surface area contributed by atoms with Gasteiger partial charge in [0.2, 0.25) is 5.91 Å². The van der Waals surface area contributed by atoms with Crippen LogP contribution >= 0.6 is 23.2 Å². The predicted molar refractivity (Wildman–Crippen MR) is 82.5 cm³/mol. The van der Waals surface area contributed by atoms with Gasteiger partial charge in [-0.25, -0.2) is 4.98 Å². The third kappa shape index (κ3) is 3.08. The van der Waals surface area contributed by atoms with Crippen LogP contribution in [0.5, 0.6) is 0 Å². The summed E-state index contributed by atoms with van der Waals surface area (Å²) in [7, 11) is 0. The zero-order valence-electron chi connectivity index (χ0n) is 11.7. The fraction of sp³-hybridized carbons (Fsp3) is 0.571. The Morgan fingerprint density at radius 1 is 1.55 bits per heavy atom. The van der Waals surface area contributed by atoms with Crippen LogP contribution in [0.2, 0.25) is 10.3 Å². The van der Waals surface area contributed by atoms with Crippen LogP contribution in [0.1, 0.15) is 38.2 Å². The minimum atomic E-state index is -0.482. The highest BCUT2D eigenvalue weighted by Gasteiger charge is 2.40. The van der Waals surface area contributed by atoms with Crippen LogP contribution in [0.25, 0.3) is 0 Å². The molecule has 6 heteroatoms. The lowest BCUT2D eigenvalue weighted by molar-refractivity contribution is -0.122. The van der Waals surface area contributed by atoms with Crippen LogP contribution in [-0.2, 0) is 4.79 Å². The third-order valence-corrected chi connectivity index (χ3v) is 4.20. The number of halogens is 2. The molecule has 1 aromatic rings. The quantitative estimate of drug-likeness (QED) is 0.835. The van der Waals surface area contributed by atoms with Gasteiger partial charge >= 0.3 is 0 Å². The number of nitrogens with zero attached hydrogens (tertiary/aromatic N) is 1. The van der Waals surface area contributed by atoms with E-state index >= 15 is 0 Å². The van der Waals surface area contributed by atoms with E-state index in [1.165, 1.54) is 0 Å². The molecule has 1 fully saturated rings. The van der Waals surface area contributed by atoms with Crippen molar-refractivity contribution in [1.29, 1.82) is 0 Å². The van der Waals surface area contributed by atoms with E-state index in [1.54, 1.807) is 6.07 Å². The van der Waals surface area contributed by atoms with Crippen LogP contribution in [0.15, 0.2) is 6.07 Å². The molecule has 110 valence electrons. The van der Waals surface area contributed by atoms with Gasteiger partial charge in [-0.05, 0) is 44.4 Å². The first-order valence-electron chi connectivity index (χ1n) is 6.87. The van der Waals surface area contributed by atoms with E-state index < -0.39 is 5.54 Å². The molecule has 0 bridgehead atoms. The van der Waals surface area contributed by atoms with E-state index in [1.807, 2.05) is 6.92 Å². The number of carbonyl (C=O) groups is 1. The highest BCUT2D eigenvalue weighted by Crippen LogP contribution is 2.30. The molecule has 0 aromatic carbocycles. The number of nitrogens with one attached hydrogen (secondary N) is 2. The molecule has 2 heterocycles. The Kier molecular flexibility index (Phi) is 4.89. The maximum absolute atomic E-state index is 12.6. The van der Waals surface area contributed by atoms with Crippen LogP contribution in [0.4, 0.5) is 5.69 Å². The van der Waals surface area contributed by atoms with E-state index in [9.17, 15) is 4.79 Å². The van der Waals surface area contributed by atoms with E-state index in [4.69, 9.17) is 23.2 Å². The Hall–Kier alpha value is -0.840. The van der Waals surface area contributed by atoms with Crippen molar-refractivity contribution < 1.29 is 4.79 Å². The maximum Gasteiger partial charge on any atom is 0.244 e. The van der Waals surface area contributed by atoms with Crippen molar-refractivity contribution in [3.05, 3.63) is 21.9 Å². The summed E-state index contributed by atoms with van der Waals surface area (Å²) < 4.78 is 0. The first-order chi connectivity index (χ1) is 9.48. The molecule has 2 N–H and O–H groups in total. The number of amides is 1. The second-order valence-electron chi connectivity index (χ2n) is 5.24. The molecule has 4 nitrogen and oxygen atoms in total. The molecule has 0 spiro atoms. The molecule has 1 amide bonds. The van der Waals surface area contributed by atoms with Gasteiger partial charge in [0.1, 0.15) is 5.15 Å². The molecule has 1 aromatic heterocycles. The fourth-order valence-electron chi connectivity index (χ4n) is 2.73. The number of aryl methyl sites for hydroxylation is 1. The predicted octanol–water partition coefficient (Wildman–Crippen LogP) is 3.56. The van der Waals surface area contributed by atoms with Crippen LogP contribution < -0.4 is 10.6 Å². The lowest BCUT2D eigenvalue weighted by atomic mass is 9.90. The van der Waals surface area contributed by atoms with Crippen molar-refractivity contribution in [2.24, 2.45) is 0 Å². The Labute approximate surface area is 129 Å². The molecule has 2 rings (SSSR count). The van der Waals surface area contributed by atoms with Crippen molar-refractivity contribution >= 4 is 34.8 Å². The molecular weight excluding hydrogens is 297 g/mol. The van der Waals surface area contributed by atoms with Gasteiger partial charge in [0, 0.05) is 0 Å². The van der Waals surface area contributed by atoms with Crippen LogP contribution in [-0.4, -0.2) is 23.0 Å². The fourth-order valence-corrected chi connectivity index (χ4v) is 3.31. The molecule has 1 unspecified atom stereocenters. The SMILES string of the molecule is CCCC1(C(=O)Nc2c(C)cc(Cl)nc2Cl)CCCN1. The number of aromatic nitrogens is 1. The molecular formula is C14H19Cl2N3O. The topological polar surface area (TPSA) is 54.0 Å². The zero-order chi connectivity index (χ0) is 14.8. The van der Waals surface area contributed by atoms with Gasteiger partial charge in [-0.15, -0.1) is 0 Å². The minimum absolute atomic E-state index is 0.0361. The van der Waals surface area contributed by atoms with E-state index in [0.717, 1.165) is 37.8 Å². The van der Waals surface area contributed by atoms with Crippen LogP contribution in [0, 0.1) is 6.92 Å². The summed E-state index contributed by atoms with van der Waals surface area (Å²) in [6.07, 6.45) is 3.63. The molecule has 1 aliphatic rings. The molecule has 1 saturated heterocycles. The molecule has 20 heavy (non-hydrogen) atoms. The normalized spacial score (nSPS) is 22.0. The number of rotatable bonds is 4. The monoisotopic (exact) mass is 315 g/mol.